The molecule has 0 radical (unpaired) electrons. The van der Waals surface area contributed by atoms with E-state index in [0.29, 0.717) is 36.8 Å². The van der Waals surface area contributed by atoms with Crippen molar-refractivity contribution in [2.24, 2.45) is 22.7 Å². The van der Waals surface area contributed by atoms with E-state index in [2.05, 4.69) is 0 Å². The molecule has 3 unspecified atom stereocenters. The Kier molecular flexibility index (Phi) is 7.98. The summed E-state index contributed by atoms with van der Waals surface area (Å²) in [5.74, 6) is -1.55. The number of thioether (sulfide) groups is 1. The van der Waals surface area contributed by atoms with Gasteiger partial charge in [0.2, 0.25) is 5.12 Å². The molecule has 0 aliphatic heterocycles. The molecule has 43 heavy (non-hydrogen) atoms. The van der Waals surface area contributed by atoms with Crippen LogP contribution < -0.4 is 0 Å². The van der Waals surface area contributed by atoms with Crippen molar-refractivity contribution >= 4 is 52.3 Å². The van der Waals surface area contributed by atoms with Crippen LogP contribution in [0.4, 0.5) is 4.39 Å². The van der Waals surface area contributed by atoms with Crippen LogP contribution >= 0.6 is 35.4 Å². The van der Waals surface area contributed by atoms with Gasteiger partial charge in [0.25, 0.3) is 0 Å². The molecule has 0 aromatic heterocycles. The van der Waals surface area contributed by atoms with Gasteiger partial charge in [0, 0.05) is 16.2 Å². The number of fused-ring (bicyclic) bond motifs is 5. The summed E-state index contributed by atoms with van der Waals surface area (Å²) in [6.45, 7) is 3.77. The molecule has 4 aliphatic carbocycles. The minimum atomic E-state index is -2.01. The van der Waals surface area contributed by atoms with Gasteiger partial charge in [0.05, 0.1) is 34.3 Å². The van der Waals surface area contributed by atoms with E-state index in [1.54, 1.807) is 37.3 Å². The number of aliphatic hydroxyl groups excluding tert-OH is 1. The van der Waals surface area contributed by atoms with Gasteiger partial charge >= 0.3 is 5.97 Å². The summed E-state index contributed by atoms with van der Waals surface area (Å²) in [5.41, 5.74) is -3.70. The molecule has 1 N–H and O–H groups in total. The highest BCUT2D eigenvalue weighted by Gasteiger charge is 2.74. The fourth-order valence-corrected chi connectivity index (χ4v) is 10.6. The lowest BCUT2D eigenvalue weighted by molar-refractivity contribution is -0.197. The SMILES string of the molecule is C[C@]12C=CC(=O)C=C1CCC1C3CC[C@@](C(=O)SCCl)(c4ccccc4C(=O)OSc4ccccc4)[C@@]3(C)C[C@H](O)C12F. The van der Waals surface area contributed by atoms with Crippen molar-refractivity contribution in [3.8, 4) is 0 Å². The van der Waals surface area contributed by atoms with Gasteiger partial charge in [-0.1, -0.05) is 66.7 Å². The van der Waals surface area contributed by atoms with Crippen molar-refractivity contribution in [3.63, 3.8) is 0 Å². The van der Waals surface area contributed by atoms with E-state index in [9.17, 15) is 19.5 Å². The summed E-state index contributed by atoms with van der Waals surface area (Å²) in [6.07, 6.45) is 5.12. The molecular formula is C34H34ClFO5S2. The van der Waals surface area contributed by atoms with Gasteiger partial charge in [0.1, 0.15) is 0 Å². The number of ketones is 1. The van der Waals surface area contributed by atoms with Crippen LogP contribution in [0.3, 0.4) is 0 Å². The Morgan fingerprint density at radius 2 is 1.79 bits per heavy atom. The van der Waals surface area contributed by atoms with Crippen LogP contribution in [0.15, 0.2) is 83.3 Å². The number of rotatable bonds is 6. The summed E-state index contributed by atoms with van der Waals surface area (Å²) >= 11 is 8.07. The number of hydrogen-bond acceptors (Lipinski definition) is 7. The largest absolute Gasteiger partial charge is 0.390 e. The number of carbonyl (C=O) groups is 3. The van der Waals surface area contributed by atoms with Gasteiger partial charge < -0.3 is 9.29 Å². The topological polar surface area (TPSA) is 80.7 Å². The predicted molar refractivity (Wildman–Crippen MR) is 168 cm³/mol. The minimum Gasteiger partial charge on any atom is -0.390 e. The Balaban J connectivity index is 1.43. The summed E-state index contributed by atoms with van der Waals surface area (Å²) in [4.78, 5) is 40.9. The van der Waals surface area contributed by atoms with Crippen LogP contribution in [-0.2, 0) is 19.2 Å². The van der Waals surface area contributed by atoms with Crippen molar-refractivity contribution in [1.29, 1.82) is 0 Å². The molecule has 0 saturated heterocycles. The fraction of sp³-hybridized carbons (Fsp3) is 0.441. The lowest BCUT2D eigenvalue weighted by Crippen LogP contribution is -2.68. The number of benzene rings is 2. The van der Waals surface area contributed by atoms with Gasteiger partial charge in [-0.3, -0.25) is 9.59 Å². The van der Waals surface area contributed by atoms with Gasteiger partial charge in [-0.2, -0.15) is 0 Å². The molecule has 4 aliphatic rings. The highest BCUT2D eigenvalue weighted by atomic mass is 35.5. The van der Waals surface area contributed by atoms with E-state index < -0.39 is 39.9 Å². The van der Waals surface area contributed by atoms with Gasteiger partial charge in [-0.25, -0.2) is 9.18 Å². The Morgan fingerprint density at radius 3 is 2.53 bits per heavy atom. The van der Waals surface area contributed by atoms with Crippen LogP contribution in [-0.4, -0.2) is 39.0 Å². The molecule has 0 bridgehead atoms. The lowest BCUT2D eigenvalue weighted by Gasteiger charge is -2.63. The number of halogens is 2. The maximum absolute atomic E-state index is 17.7. The molecule has 6 rings (SSSR count). The Labute approximate surface area is 264 Å². The highest BCUT2D eigenvalue weighted by molar-refractivity contribution is 8.14. The number of aliphatic hydroxyl groups is 1. The first-order valence-electron chi connectivity index (χ1n) is 14.6. The number of alkyl halides is 2. The smallest absolute Gasteiger partial charge is 0.350 e. The maximum atomic E-state index is 17.7. The van der Waals surface area contributed by atoms with Gasteiger partial charge in [0.15, 0.2) is 11.5 Å². The van der Waals surface area contributed by atoms with E-state index in [1.165, 1.54) is 12.2 Å². The number of carbonyl (C=O) groups excluding carboxylic acids is 3. The predicted octanol–water partition coefficient (Wildman–Crippen LogP) is 7.62. The Morgan fingerprint density at radius 1 is 1.07 bits per heavy atom. The molecular weight excluding hydrogens is 607 g/mol. The van der Waals surface area contributed by atoms with Crippen LogP contribution in [0, 0.1) is 22.7 Å². The molecule has 0 heterocycles. The third-order valence-electron chi connectivity index (χ3n) is 10.9. The van der Waals surface area contributed by atoms with Crippen LogP contribution in [0.1, 0.15) is 61.9 Å². The quantitative estimate of drug-likeness (QED) is 0.257. The van der Waals surface area contributed by atoms with Crippen molar-refractivity contribution in [2.45, 2.75) is 68.0 Å². The van der Waals surface area contributed by atoms with Crippen molar-refractivity contribution < 1.29 is 28.1 Å². The van der Waals surface area contributed by atoms with Crippen molar-refractivity contribution in [2.75, 3.05) is 5.21 Å². The molecule has 0 spiro atoms. The first-order valence-corrected chi connectivity index (χ1v) is 16.9. The second-order valence-electron chi connectivity index (χ2n) is 12.6. The Hall–Kier alpha value is -2.39. The monoisotopic (exact) mass is 640 g/mol. The summed E-state index contributed by atoms with van der Waals surface area (Å²) in [7, 11) is 0. The van der Waals surface area contributed by atoms with Gasteiger partial charge in [-0.05, 0) is 86.3 Å². The molecule has 2 aromatic rings. The maximum Gasteiger partial charge on any atom is 0.350 e. The second-order valence-corrected chi connectivity index (χ2v) is 14.9. The van der Waals surface area contributed by atoms with E-state index in [-0.39, 0.29) is 34.0 Å². The van der Waals surface area contributed by atoms with E-state index in [4.69, 9.17) is 15.8 Å². The van der Waals surface area contributed by atoms with Crippen LogP contribution in [0.5, 0.6) is 0 Å². The third kappa shape index (κ3) is 4.42. The molecule has 7 atom stereocenters. The van der Waals surface area contributed by atoms with E-state index in [1.807, 2.05) is 37.3 Å². The standard InChI is InChI=1S/C34H34ClFO5S2/c1-31-16-14-22(37)18-21(31)12-13-27-26-15-17-33(30(40)42-20-35,32(26,2)19-28(38)34(27,31)36)25-11-7-6-10-24(25)29(39)41-43-23-8-4-3-5-9-23/h3-11,14,16,18,26-28,38H,12-13,15,17,19-20H2,1-2H3/t26?,27?,28-,31-,32-,33-,34?/m0/s1. The lowest BCUT2D eigenvalue weighted by atomic mass is 9.43. The van der Waals surface area contributed by atoms with Crippen LogP contribution in [0.2, 0.25) is 0 Å². The fourth-order valence-electron chi connectivity index (χ4n) is 8.94. The van der Waals surface area contributed by atoms with Crippen LogP contribution in [0.25, 0.3) is 0 Å². The van der Waals surface area contributed by atoms with Crippen molar-refractivity contribution in [1.82, 2.24) is 0 Å². The highest BCUT2D eigenvalue weighted by Crippen LogP contribution is 2.72. The zero-order valence-electron chi connectivity index (χ0n) is 24.1. The average Bonchev–Trinajstić information content (AvgIpc) is 3.30. The second kappa shape index (κ2) is 11.2. The summed E-state index contributed by atoms with van der Waals surface area (Å²) in [6, 6.07) is 16.3. The zero-order chi connectivity index (χ0) is 30.6. The summed E-state index contributed by atoms with van der Waals surface area (Å²) < 4.78 is 23.4. The Bertz CT molecular complexity index is 1530. The van der Waals surface area contributed by atoms with E-state index in [0.717, 1.165) is 28.7 Å². The first-order chi connectivity index (χ1) is 20.5. The van der Waals surface area contributed by atoms with E-state index >= 15 is 4.39 Å². The molecule has 2 aromatic carbocycles. The zero-order valence-corrected chi connectivity index (χ0v) is 26.4. The first kappa shape index (κ1) is 30.6. The molecule has 226 valence electrons. The average molecular weight is 641 g/mol. The molecule has 3 fully saturated rings. The summed E-state index contributed by atoms with van der Waals surface area (Å²) in [5, 5.41) is 11.7. The molecule has 5 nitrogen and oxygen atoms in total. The molecule has 3 saturated carbocycles. The van der Waals surface area contributed by atoms with Crippen molar-refractivity contribution in [3.05, 3.63) is 89.5 Å². The van der Waals surface area contributed by atoms with Gasteiger partial charge in [-0.15, -0.1) is 11.6 Å². The number of hydrogen-bond donors (Lipinski definition) is 1. The normalized spacial score (nSPS) is 36.3. The third-order valence-corrected chi connectivity index (χ3v) is 12.7. The molecule has 9 heteroatoms. The minimum absolute atomic E-state index is 0.0199. The number of allylic oxidation sites excluding steroid dienone is 4. The molecule has 0 amide bonds.